The minimum absolute atomic E-state index is 0.0570. The molecular formula is C25H27N7O2. The molecule has 1 N–H and O–H groups in total. The van der Waals surface area contributed by atoms with E-state index in [0.717, 1.165) is 37.2 Å². The molecule has 0 bridgehead atoms. The Morgan fingerprint density at radius 2 is 1.97 bits per heavy atom. The van der Waals surface area contributed by atoms with Crippen molar-refractivity contribution in [1.29, 1.82) is 0 Å². The van der Waals surface area contributed by atoms with Crippen molar-refractivity contribution in [3.8, 4) is 11.3 Å². The van der Waals surface area contributed by atoms with Crippen LogP contribution in [-0.4, -0.2) is 76.7 Å². The third kappa shape index (κ3) is 3.66. The second-order valence-electron chi connectivity index (χ2n) is 9.18. The Labute approximate surface area is 197 Å². The van der Waals surface area contributed by atoms with Crippen LogP contribution in [0.2, 0.25) is 0 Å². The number of aliphatic hydroxyl groups excluding tert-OH is 1. The number of amides is 1. The molecule has 5 heterocycles. The molecule has 9 nitrogen and oxygen atoms in total. The second kappa shape index (κ2) is 8.34. The molecule has 1 amide bonds. The van der Waals surface area contributed by atoms with E-state index in [2.05, 4.69) is 44.2 Å². The summed E-state index contributed by atoms with van der Waals surface area (Å²) in [5.74, 6) is 0.297. The van der Waals surface area contributed by atoms with Crippen LogP contribution in [0.3, 0.4) is 0 Å². The second-order valence-corrected chi connectivity index (χ2v) is 9.18. The first-order chi connectivity index (χ1) is 16.6. The monoisotopic (exact) mass is 457 g/mol. The van der Waals surface area contributed by atoms with Crippen molar-refractivity contribution in [3.63, 3.8) is 0 Å². The van der Waals surface area contributed by atoms with Crippen LogP contribution in [0, 0.1) is 0 Å². The van der Waals surface area contributed by atoms with Crippen molar-refractivity contribution in [3.05, 3.63) is 71.9 Å². The standard InChI is InChI=1S/C25H27N7O2/c1-29-21(6-9-27-29)19-12-26-25-28-20(15-32(25)14-19)24(34)31-11-8-22(23(33)16-31)30-10-7-17-4-2-3-5-18(17)13-30/h2-6,9,12,14-15,22-23,33H,7-8,10-11,13,16H2,1H3/t22-,23-/m0/s1. The van der Waals surface area contributed by atoms with Crippen molar-refractivity contribution in [1.82, 2.24) is 33.9 Å². The molecular weight excluding hydrogens is 430 g/mol. The number of benzene rings is 1. The Hall–Kier alpha value is -3.56. The number of nitrogens with zero attached hydrogens (tertiary/aromatic N) is 7. The molecule has 34 heavy (non-hydrogen) atoms. The van der Waals surface area contributed by atoms with Gasteiger partial charge >= 0.3 is 0 Å². The number of aryl methyl sites for hydroxylation is 1. The number of fused-ring (bicyclic) bond motifs is 2. The normalized spacial score (nSPS) is 21.1. The van der Waals surface area contributed by atoms with Crippen LogP contribution in [0.4, 0.5) is 0 Å². The largest absolute Gasteiger partial charge is 0.390 e. The van der Waals surface area contributed by atoms with Gasteiger partial charge in [-0.2, -0.15) is 5.10 Å². The predicted octanol–water partition coefficient (Wildman–Crippen LogP) is 1.76. The number of hydrogen-bond acceptors (Lipinski definition) is 6. The first kappa shape index (κ1) is 21.0. The van der Waals surface area contributed by atoms with Gasteiger partial charge in [0, 0.05) is 69.6 Å². The van der Waals surface area contributed by atoms with Gasteiger partial charge < -0.3 is 10.0 Å². The summed E-state index contributed by atoms with van der Waals surface area (Å²) in [6.45, 7) is 2.69. The number of likely N-dealkylation sites (tertiary alicyclic amines) is 1. The van der Waals surface area contributed by atoms with Gasteiger partial charge in [0.2, 0.25) is 5.78 Å². The van der Waals surface area contributed by atoms with Crippen LogP contribution >= 0.6 is 0 Å². The smallest absolute Gasteiger partial charge is 0.274 e. The van der Waals surface area contributed by atoms with Crippen LogP contribution in [-0.2, 0) is 20.0 Å². The lowest BCUT2D eigenvalue weighted by atomic mass is 9.94. The molecule has 6 rings (SSSR count). The summed E-state index contributed by atoms with van der Waals surface area (Å²) >= 11 is 0. The fourth-order valence-corrected chi connectivity index (χ4v) is 5.27. The maximum Gasteiger partial charge on any atom is 0.274 e. The molecule has 0 aliphatic carbocycles. The molecule has 1 saturated heterocycles. The topological polar surface area (TPSA) is 91.8 Å². The molecule has 9 heteroatoms. The highest BCUT2D eigenvalue weighted by Crippen LogP contribution is 2.26. The van der Waals surface area contributed by atoms with Gasteiger partial charge in [0.05, 0.1) is 11.8 Å². The Kier molecular flexibility index (Phi) is 5.15. The fraction of sp³-hybridized carbons (Fsp3) is 0.360. The lowest BCUT2D eigenvalue weighted by Crippen LogP contribution is -2.56. The lowest BCUT2D eigenvalue weighted by molar-refractivity contribution is -0.0139. The average Bonchev–Trinajstić information content (AvgIpc) is 3.48. The number of imidazole rings is 1. The number of aliphatic hydroxyl groups is 1. The molecule has 1 fully saturated rings. The van der Waals surface area contributed by atoms with Gasteiger partial charge in [-0.1, -0.05) is 24.3 Å². The lowest BCUT2D eigenvalue weighted by Gasteiger charge is -2.43. The Bertz CT molecular complexity index is 1360. The molecule has 4 aromatic rings. The Morgan fingerprint density at radius 1 is 1.12 bits per heavy atom. The van der Waals surface area contributed by atoms with Crippen LogP contribution in [0.1, 0.15) is 28.0 Å². The zero-order chi connectivity index (χ0) is 23.2. The zero-order valence-electron chi connectivity index (χ0n) is 19.1. The highest BCUT2D eigenvalue weighted by atomic mass is 16.3. The van der Waals surface area contributed by atoms with Crippen LogP contribution < -0.4 is 0 Å². The van der Waals surface area contributed by atoms with E-state index in [9.17, 15) is 9.90 Å². The summed E-state index contributed by atoms with van der Waals surface area (Å²) in [5.41, 5.74) is 4.90. The van der Waals surface area contributed by atoms with E-state index in [0.29, 0.717) is 24.6 Å². The summed E-state index contributed by atoms with van der Waals surface area (Å²) in [5, 5.41) is 15.2. The predicted molar refractivity (Wildman–Crippen MR) is 126 cm³/mol. The highest BCUT2D eigenvalue weighted by Gasteiger charge is 2.35. The molecule has 0 radical (unpaired) electrons. The minimum Gasteiger partial charge on any atom is -0.390 e. The van der Waals surface area contributed by atoms with Gasteiger partial charge in [-0.3, -0.25) is 18.8 Å². The average molecular weight is 458 g/mol. The summed E-state index contributed by atoms with van der Waals surface area (Å²) in [6, 6.07) is 10.5. The van der Waals surface area contributed by atoms with Crippen molar-refractivity contribution < 1.29 is 9.90 Å². The molecule has 174 valence electrons. The van der Waals surface area contributed by atoms with E-state index < -0.39 is 6.10 Å². The molecule has 1 aromatic carbocycles. The molecule has 2 aliphatic rings. The van der Waals surface area contributed by atoms with Gasteiger partial charge in [-0.15, -0.1) is 0 Å². The van der Waals surface area contributed by atoms with E-state index in [-0.39, 0.29) is 11.9 Å². The molecule has 2 aliphatic heterocycles. The summed E-state index contributed by atoms with van der Waals surface area (Å²) in [7, 11) is 1.87. The minimum atomic E-state index is -0.588. The number of carbonyl (C=O) groups excluding carboxylic acids is 1. The van der Waals surface area contributed by atoms with Crippen molar-refractivity contribution in [2.45, 2.75) is 31.5 Å². The molecule has 0 unspecified atom stereocenters. The third-order valence-electron chi connectivity index (χ3n) is 7.11. The molecule has 0 spiro atoms. The van der Waals surface area contributed by atoms with E-state index in [1.807, 2.05) is 19.3 Å². The zero-order valence-corrected chi connectivity index (χ0v) is 19.1. The number of β-amino-alcohol motifs (C(OH)–C–C–N with tert-alkyl or cyclic N) is 1. The van der Waals surface area contributed by atoms with Gasteiger partial charge in [0.15, 0.2) is 0 Å². The molecule has 3 aromatic heterocycles. The van der Waals surface area contributed by atoms with Gasteiger partial charge in [0.1, 0.15) is 5.69 Å². The first-order valence-corrected chi connectivity index (χ1v) is 11.7. The Balaban J connectivity index is 1.16. The number of rotatable bonds is 3. The van der Waals surface area contributed by atoms with E-state index in [1.165, 1.54) is 11.1 Å². The summed E-state index contributed by atoms with van der Waals surface area (Å²) in [6.07, 6.45) is 8.24. The van der Waals surface area contributed by atoms with Crippen molar-refractivity contribution in [2.24, 2.45) is 7.05 Å². The summed E-state index contributed by atoms with van der Waals surface area (Å²) in [4.78, 5) is 26.1. The van der Waals surface area contributed by atoms with Crippen molar-refractivity contribution >= 4 is 11.7 Å². The van der Waals surface area contributed by atoms with Crippen LogP contribution in [0.25, 0.3) is 17.0 Å². The molecule has 2 atom stereocenters. The van der Waals surface area contributed by atoms with Crippen molar-refractivity contribution in [2.75, 3.05) is 19.6 Å². The maximum absolute atomic E-state index is 13.2. The van der Waals surface area contributed by atoms with E-state index in [1.54, 1.807) is 32.6 Å². The Morgan fingerprint density at radius 3 is 2.76 bits per heavy atom. The van der Waals surface area contributed by atoms with Gasteiger partial charge in [-0.25, -0.2) is 9.97 Å². The van der Waals surface area contributed by atoms with E-state index in [4.69, 9.17) is 0 Å². The quantitative estimate of drug-likeness (QED) is 0.504. The number of piperidine rings is 1. The van der Waals surface area contributed by atoms with Gasteiger partial charge in [-0.05, 0) is 30.0 Å². The summed E-state index contributed by atoms with van der Waals surface area (Å²) < 4.78 is 3.54. The SMILES string of the molecule is Cn1nccc1-c1cnc2nc(C(=O)N3CC[C@H](N4CCc5ccccc5C4)[C@@H](O)C3)cn2c1. The third-order valence-corrected chi connectivity index (χ3v) is 7.11. The maximum atomic E-state index is 13.2. The highest BCUT2D eigenvalue weighted by molar-refractivity contribution is 5.93. The fourth-order valence-electron chi connectivity index (χ4n) is 5.27. The number of hydrogen-bond donors (Lipinski definition) is 1. The van der Waals surface area contributed by atoms with Crippen LogP contribution in [0.5, 0.6) is 0 Å². The number of aromatic nitrogens is 5. The number of carbonyl (C=O) groups is 1. The van der Waals surface area contributed by atoms with Crippen LogP contribution in [0.15, 0.2) is 55.1 Å². The van der Waals surface area contributed by atoms with Gasteiger partial charge in [0.25, 0.3) is 5.91 Å². The van der Waals surface area contributed by atoms with E-state index >= 15 is 0 Å². The first-order valence-electron chi connectivity index (χ1n) is 11.7. The molecule has 0 saturated carbocycles.